The summed E-state index contributed by atoms with van der Waals surface area (Å²) in [5.74, 6) is 0. The lowest BCUT2D eigenvalue weighted by molar-refractivity contribution is 0.323. The number of benzene rings is 1. The number of hydrogen-bond acceptors (Lipinski definition) is 2. The highest BCUT2D eigenvalue weighted by Crippen LogP contribution is 2.12. The van der Waals surface area contributed by atoms with Gasteiger partial charge in [0.1, 0.15) is 0 Å². The molecule has 0 aliphatic rings. The van der Waals surface area contributed by atoms with Crippen molar-refractivity contribution in [3.05, 3.63) is 34.9 Å². The molecule has 1 aromatic rings. The SMILES string of the molecule is Cc1ccc(CN(C)CCCC#N)c(C)c1. The van der Waals surface area contributed by atoms with Crippen LogP contribution in [0.4, 0.5) is 0 Å². The highest BCUT2D eigenvalue weighted by atomic mass is 15.1. The molecule has 0 heterocycles. The molecule has 2 heteroatoms. The second-order valence-electron chi connectivity index (χ2n) is 4.43. The van der Waals surface area contributed by atoms with E-state index in [0.717, 1.165) is 19.5 Å². The minimum absolute atomic E-state index is 0.650. The maximum absolute atomic E-state index is 8.48. The Morgan fingerprint density at radius 2 is 2.06 bits per heavy atom. The Labute approximate surface area is 98.5 Å². The zero-order valence-corrected chi connectivity index (χ0v) is 10.5. The van der Waals surface area contributed by atoms with Gasteiger partial charge in [-0.05, 0) is 45.0 Å². The van der Waals surface area contributed by atoms with Crippen molar-refractivity contribution >= 4 is 0 Å². The molecule has 0 aromatic heterocycles. The lowest BCUT2D eigenvalue weighted by atomic mass is 10.1. The Hall–Kier alpha value is -1.33. The third kappa shape index (κ3) is 4.04. The van der Waals surface area contributed by atoms with E-state index in [0.29, 0.717) is 6.42 Å². The summed E-state index contributed by atoms with van der Waals surface area (Å²) in [7, 11) is 2.11. The van der Waals surface area contributed by atoms with E-state index in [1.807, 2.05) is 0 Å². The number of hydrogen-bond donors (Lipinski definition) is 0. The van der Waals surface area contributed by atoms with E-state index in [1.165, 1.54) is 16.7 Å². The molecule has 1 rings (SSSR count). The van der Waals surface area contributed by atoms with Crippen LogP contribution in [0.2, 0.25) is 0 Å². The van der Waals surface area contributed by atoms with Gasteiger partial charge in [0, 0.05) is 13.0 Å². The van der Waals surface area contributed by atoms with E-state index >= 15 is 0 Å². The number of nitriles is 1. The normalized spacial score (nSPS) is 10.4. The van der Waals surface area contributed by atoms with Gasteiger partial charge in [-0.1, -0.05) is 23.8 Å². The fraction of sp³-hybridized carbons (Fsp3) is 0.500. The molecular formula is C14H20N2. The van der Waals surface area contributed by atoms with Crippen molar-refractivity contribution in [2.24, 2.45) is 0 Å². The van der Waals surface area contributed by atoms with Crippen LogP contribution >= 0.6 is 0 Å². The summed E-state index contributed by atoms with van der Waals surface area (Å²) in [5.41, 5.74) is 4.05. The van der Waals surface area contributed by atoms with Gasteiger partial charge in [0.25, 0.3) is 0 Å². The Bertz CT molecular complexity index is 377. The molecule has 86 valence electrons. The van der Waals surface area contributed by atoms with Crippen LogP contribution in [0.5, 0.6) is 0 Å². The van der Waals surface area contributed by atoms with Crippen molar-refractivity contribution in [3.63, 3.8) is 0 Å². The number of unbranched alkanes of at least 4 members (excludes halogenated alkanes) is 1. The quantitative estimate of drug-likeness (QED) is 0.707. The van der Waals surface area contributed by atoms with Gasteiger partial charge in [-0.3, -0.25) is 0 Å². The second kappa shape index (κ2) is 6.30. The van der Waals surface area contributed by atoms with Crippen LogP contribution in [0.15, 0.2) is 18.2 Å². The smallest absolute Gasteiger partial charge is 0.0622 e. The van der Waals surface area contributed by atoms with E-state index in [1.54, 1.807) is 0 Å². The summed E-state index contributed by atoms with van der Waals surface area (Å²) in [6, 6.07) is 8.76. The van der Waals surface area contributed by atoms with Gasteiger partial charge in [-0.25, -0.2) is 0 Å². The first-order valence-corrected chi connectivity index (χ1v) is 5.75. The molecule has 0 saturated carbocycles. The summed E-state index contributed by atoms with van der Waals surface area (Å²) < 4.78 is 0. The monoisotopic (exact) mass is 216 g/mol. The first-order chi connectivity index (χ1) is 7.63. The molecule has 0 atom stereocenters. The van der Waals surface area contributed by atoms with Crippen molar-refractivity contribution in [2.45, 2.75) is 33.2 Å². The van der Waals surface area contributed by atoms with Crippen molar-refractivity contribution in [1.29, 1.82) is 5.26 Å². The molecule has 0 aliphatic carbocycles. The van der Waals surface area contributed by atoms with Crippen LogP contribution in [-0.2, 0) is 6.54 Å². The summed E-state index contributed by atoms with van der Waals surface area (Å²) in [6.07, 6.45) is 1.61. The Morgan fingerprint density at radius 1 is 1.31 bits per heavy atom. The topological polar surface area (TPSA) is 27.0 Å². The van der Waals surface area contributed by atoms with Crippen LogP contribution in [0, 0.1) is 25.2 Å². The highest BCUT2D eigenvalue weighted by molar-refractivity contribution is 5.30. The van der Waals surface area contributed by atoms with E-state index in [2.05, 4.69) is 50.1 Å². The van der Waals surface area contributed by atoms with E-state index in [-0.39, 0.29) is 0 Å². The molecule has 0 radical (unpaired) electrons. The molecule has 0 unspecified atom stereocenters. The molecule has 0 spiro atoms. The van der Waals surface area contributed by atoms with E-state index < -0.39 is 0 Å². The molecule has 2 nitrogen and oxygen atoms in total. The molecule has 0 bridgehead atoms. The van der Waals surface area contributed by atoms with Gasteiger partial charge in [0.15, 0.2) is 0 Å². The fourth-order valence-electron chi connectivity index (χ4n) is 1.82. The van der Waals surface area contributed by atoms with Crippen LogP contribution in [0.3, 0.4) is 0 Å². The lowest BCUT2D eigenvalue weighted by Crippen LogP contribution is -2.19. The third-order valence-electron chi connectivity index (χ3n) is 2.77. The largest absolute Gasteiger partial charge is 0.302 e. The highest BCUT2D eigenvalue weighted by Gasteiger charge is 2.03. The maximum Gasteiger partial charge on any atom is 0.0622 e. The summed E-state index contributed by atoms with van der Waals surface area (Å²) in [5, 5.41) is 8.48. The molecule has 0 amide bonds. The second-order valence-corrected chi connectivity index (χ2v) is 4.43. The Balaban J connectivity index is 2.50. The van der Waals surface area contributed by atoms with Crippen molar-refractivity contribution < 1.29 is 0 Å². The lowest BCUT2D eigenvalue weighted by Gasteiger charge is -2.17. The van der Waals surface area contributed by atoms with Crippen LogP contribution in [0.25, 0.3) is 0 Å². The Morgan fingerprint density at radius 3 is 2.69 bits per heavy atom. The maximum atomic E-state index is 8.48. The van der Waals surface area contributed by atoms with Crippen molar-refractivity contribution in [3.8, 4) is 6.07 Å². The molecule has 0 fully saturated rings. The van der Waals surface area contributed by atoms with Gasteiger partial charge in [-0.2, -0.15) is 5.26 Å². The molecule has 1 aromatic carbocycles. The summed E-state index contributed by atoms with van der Waals surface area (Å²) >= 11 is 0. The number of aryl methyl sites for hydroxylation is 2. The predicted molar refractivity (Wildman–Crippen MR) is 67.1 cm³/mol. The fourth-order valence-corrected chi connectivity index (χ4v) is 1.82. The average Bonchev–Trinajstić information content (AvgIpc) is 2.23. The first-order valence-electron chi connectivity index (χ1n) is 5.75. The summed E-state index contributed by atoms with van der Waals surface area (Å²) in [6.45, 7) is 6.23. The Kier molecular flexibility index (Phi) is 5.01. The van der Waals surface area contributed by atoms with Gasteiger partial charge in [-0.15, -0.1) is 0 Å². The van der Waals surface area contributed by atoms with Gasteiger partial charge in [0.05, 0.1) is 6.07 Å². The molecule has 0 aliphatic heterocycles. The third-order valence-corrected chi connectivity index (χ3v) is 2.77. The van der Waals surface area contributed by atoms with Gasteiger partial charge >= 0.3 is 0 Å². The molecule has 16 heavy (non-hydrogen) atoms. The molecule has 0 saturated heterocycles. The predicted octanol–water partition coefficient (Wildman–Crippen LogP) is 3.04. The van der Waals surface area contributed by atoms with Crippen LogP contribution in [0.1, 0.15) is 29.5 Å². The standard InChI is InChI=1S/C14H20N2/c1-12-6-7-14(13(2)10-12)11-16(3)9-5-4-8-15/h6-7,10H,4-5,9,11H2,1-3H3. The number of rotatable bonds is 5. The van der Waals surface area contributed by atoms with E-state index in [4.69, 9.17) is 5.26 Å². The zero-order chi connectivity index (χ0) is 12.0. The minimum atomic E-state index is 0.650. The van der Waals surface area contributed by atoms with Gasteiger partial charge in [0.2, 0.25) is 0 Å². The molecular weight excluding hydrogens is 196 g/mol. The van der Waals surface area contributed by atoms with E-state index in [9.17, 15) is 0 Å². The molecule has 0 N–H and O–H groups in total. The van der Waals surface area contributed by atoms with Crippen molar-refractivity contribution in [1.82, 2.24) is 4.90 Å². The zero-order valence-electron chi connectivity index (χ0n) is 10.5. The minimum Gasteiger partial charge on any atom is -0.302 e. The number of nitrogens with zero attached hydrogens (tertiary/aromatic N) is 2. The van der Waals surface area contributed by atoms with Gasteiger partial charge < -0.3 is 4.90 Å². The van der Waals surface area contributed by atoms with Crippen molar-refractivity contribution in [2.75, 3.05) is 13.6 Å². The van der Waals surface area contributed by atoms with Crippen LogP contribution in [-0.4, -0.2) is 18.5 Å². The van der Waals surface area contributed by atoms with Crippen LogP contribution < -0.4 is 0 Å². The summed E-state index contributed by atoms with van der Waals surface area (Å²) in [4.78, 5) is 2.27. The average molecular weight is 216 g/mol. The first kappa shape index (κ1) is 12.7.